The molecule has 4 heteroatoms. The molecule has 3 aromatic heterocycles. The third-order valence-corrected chi connectivity index (χ3v) is 2.89. The van der Waals surface area contributed by atoms with Crippen LogP contribution in [0.1, 0.15) is 11.4 Å². The first kappa shape index (κ1) is 9.96. The maximum Gasteiger partial charge on any atom is 0.105 e. The zero-order chi connectivity index (χ0) is 11.8. The summed E-state index contributed by atoms with van der Waals surface area (Å²) in [5.41, 5.74) is 4.81. The highest BCUT2D eigenvalue weighted by atomic mass is 15.1. The quantitative estimate of drug-likeness (QED) is 0.691. The van der Waals surface area contributed by atoms with Crippen LogP contribution >= 0.6 is 0 Å². The fourth-order valence-electron chi connectivity index (χ4n) is 2.11. The molecular formula is C13H12N4. The van der Waals surface area contributed by atoms with Gasteiger partial charge in [-0.05, 0) is 26.0 Å². The van der Waals surface area contributed by atoms with Gasteiger partial charge in [-0.25, -0.2) is 0 Å². The summed E-state index contributed by atoms with van der Waals surface area (Å²) in [5, 5.41) is 8.26. The summed E-state index contributed by atoms with van der Waals surface area (Å²) in [5.74, 6) is 0. The second-order valence-corrected chi connectivity index (χ2v) is 4.02. The topological polar surface area (TPSA) is 54.5 Å². The average molecular weight is 224 g/mol. The molecule has 1 N–H and O–H groups in total. The lowest BCUT2D eigenvalue weighted by Crippen LogP contribution is -1.94. The van der Waals surface area contributed by atoms with Gasteiger partial charge in [0.05, 0.1) is 5.69 Å². The van der Waals surface area contributed by atoms with E-state index in [9.17, 15) is 0 Å². The summed E-state index contributed by atoms with van der Waals surface area (Å²) >= 11 is 0. The van der Waals surface area contributed by atoms with Crippen LogP contribution in [0.15, 0.2) is 30.6 Å². The summed E-state index contributed by atoms with van der Waals surface area (Å²) in [6.45, 7) is 3.98. The van der Waals surface area contributed by atoms with Gasteiger partial charge < -0.3 is 0 Å². The highest BCUT2D eigenvalue weighted by molar-refractivity contribution is 5.94. The molecule has 0 saturated carbocycles. The highest BCUT2D eigenvalue weighted by Crippen LogP contribution is 2.29. The monoisotopic (exact) mass is 224 g/mol. The van der Waals surface area contributed by atoms with Crippen LogP contribution in [0.5, 0.6) is 0 Å². The smallest absolute Gasteiger partial charge is 0.105 e. The molecule has 0 unspecified atom stereocenters. The molecule has 0 amide bonds. The van der Waals surface area contributed by atoms with Gasteiger partial charge in [0.1, 0.15) is 5.52 Å². The molecular weight excluding hydrogens is 212 g/mol. The Kier molecular flexibility index (Phi) is 2.14. The molecule has 4 nitrogen and oxygen atoms in total. The van der Waals surface area contributed by atoms with E-state index in [1.807, 2.05) is 38.2 Å². The van der Waals surface area contributed by atoms with E-state index in [1.54, 1.807) is 6.20 Å². The minimum absolute atomic E-state index is 0.912. The molecule has 0 aliphatic carbocycles. The number of H-pyrrole nitrogens is 1. The van der Waals surface area contributed by atoms with Gasteiger partial charge in [0.15, 0.2) is 0 Å². The minimum atomic E-state index is 0.912. The second kappa shape index (κ2) is 3.66. The van der Waals surface area contributed by atoms with Crippen LogP contribution in [-0.2, 0) is 0 Å². The molecule has 0 aromatic carbocycles. The van der Waals surface area contributed by atoms with Gasteiger partial charge >= 0.3 is 0 Å². The third kappa shape index (κ3) is 1.49. The highest BCUT2D eigenvalue weighted by Gasteiger charge is 2.13. The molecule has 0 bridgehead atoms. The van der Waals surface area contributed by atoms with Crippen molar-refractivity contribution in [1.82, 2.24) is 20.2 Å². The van der Waals surface area contributed by atoms with Crippen LogP contribution in [0, 0.1) is 13.8 Å². The Morgan fingerprint density at radius 3 is 2.76 bits per heavy atom. The first-order chi connectivity index (χ1) is 8.27. The Balaban J connectivity index is 2.40. The van der Waals surface area contributed by atoms with E-state index in [1.165, 1.54) is 0 Å². The summed E-state index contributed by atoms with van der Waals surface area (Å²) in [4.78, 5) is 8.93. The molecule has 3 aromatic rings. The molecule has 0 aliphatic rings. The number of fused-ring (bicyclic) bond motifs is 1. The Morgan fingerprint density at radius 1 is 1.12 bits per heavy atom. The number of hydrogen-bond donors (Lipinski definition) is 1. The first-order valence-corrected chi connectivity index (χ1v) is 5.49. The molecule has 3 heterocycles. The number of nitrogens with zero attached hydrogens (tertiary/aromatic N) is 3. The fraction of sp³-hybridized carbons (Fsp3) is 0.154. The zero-order valence-electron chi connectivity index (χ0n) is 9.73. The summed E-state index contributed by atoms with van der Waals surface area (Å²) in [6.07, 6.45) is 3.66. The van der Waals surface area contributed by atoms with Gasteiger partial charge in [0.25, 0.3) is 0 Å². The number of hydrogen-bond acceptors (Lipinski definition) is 3. The van der Waals surface area contributed by atoms with Crippen LogP contribution < -0.4 is 0 Å². The largest absolute Gasteiger partial charge is 0.284 e. The molecule has 0 radical (unpaired) electrons. The normalized spacial score (nSPS) is 10.9. The Morgan fingerprint density at radius 2 is 2.00 bits per heavy atom. The van der Waals surface area contributed by atoms with Gasteiger partial charge in [-0.1, -0.05) is 6.07 Å². The van der Waals surface area contributed by atoms with Crippen molar-refractivity contribution in [3.63, 3.8) is 0 Å². The first-order valence-electron chi connectivity index (χ1n) is 5.49. The molecule has 3 rings (SSSR count). The summed E-state index contributed by atoms with van der Waals surface area (Å²) in [6, 6.07) is 5.86. The van der Waals surface area contributed by atoms with Crippen LogP contribution in [0.3, 0.4) is 0 Å². The Hall–Kier alpha value is -2.23. The number of pyridine rings is 2. The van der Waals surface area contributed by atoms with Gasteiger partial charge in [-0.15, -0.1) is 0 Å². The molecule has 17 heavy (non-hydrogen) atoms. The summed E-state index contributed by atoms with van der Waals surface area (Å²) in [7, 11) is 0. The Labute approximate surface area is 98.7 Å². The number of aryl methyl sites for hydroxylation is 2. The van der Waals surface area contributed by atoms with Crippen molar-refractivity contribution < 1.29 is 0 Å². The van der Waals surface area contributed by atoms with E-state index in [2.05, 4.69) is 20.2 Å². The fourth-order valence-corrected chi connectivity index (χ4v) is 2.11. The minimum Gasteiger partial charge on any atom is -0.284 e. The van der Waals surface area contributed by atoms with Crippen molar-refractivity contribution in [1.29, 1.82) is 0 Å². The predicted molar refractivity (Wildman–Crippen MR) is 66.6 cm³/mol. The van der Waals surface area contributed by atoms with Crippen molar-refractivity contribution in [3.05, 3.63) is 42.0 Å². The molecule has 84 valence electrons. The van der Waals surface area contributed by atoms with E-state index in [0.717, 1.165) is 33.5 Å². The van der Waals surface area contributed by atoms with Crippen LogP contribution in [-0.4, -0.2) is 20.2 Å². The van der Waals surface area contributed by atoms with E-state index >= 15 is 0 Å². The van der Waals surface area contributed by atoms with Crippen molar-refractivity contribution in [3.8, 4) is 11.3 Å². The molecule has 0 aliphatic heterocycles. The lowest BCUT2D eigenvalue weighted by atomic mass is 10.1. The maximum atomic E-state index is 4.55. The lowest BCUT2D eigenvalue weighted by Gasteiger charge is -2.06. The van der Waals surface area contributed by atoms with Crippen molar-refractivity contribution in [2.75, 3.05) is 0 Å². The molecule has 0 spiro atoms. The van der Waals surface area contributed by atoms with E-state index in [0.29, 0.717) is 0 Å². The van der Waals surface area contributed by atoms with Crippen molar-refractivity contribution >= 4 is 10.9 Å². The average Bonchev–Trinajstić information content (AvgIpc) is 2.79. The maximum absolute atomic E-state index is 4.55. The number of rotatable bonds is 1. The van der Waals surface area contributed by atoms with Gasteiger partial charge in [0, 0.05) is 34.7 Å². The van der Waals surface area contributed by atoms with E-state index in [-0.39, 0.29) is 0 Å². The van der Waals surface area contributed by atoms with Crippen LogP contribution in [0.2, 0.25) is 0 Å². The standard InChI is InChI=1S/C13H12N4/c1-8-10-7-15-17-13(10)12(9(2)16-8)11-5-3-4-6-14-11/h3-7H,1-2H3,(H,15,17). The van der Waals surface area contributed by atoms with Crippen LogP contribution in [0.4, 0.5) is 0 Å². The van der Waals surface area contributed by atoms with Gasteiger partial charge in [0.2, 0.25) is 0 Å². The lowest BCUT2D eigenvalue weighted by molar-refractivity contribution is 1.11. The number of aromatic amines is 1. The SMILES string of the molecule is Cc1nc(C)c2c[nH]nc2c1-c1ccccn1. The number of aromatic nitrogens is 4. The predicted octanol–water partition coefficient (Wildman–Crippen LogP) is 2.64. The molecule has 0 atom stereocenters. The number of nitrogens with one attached hydrogen (secondary N) is 1. The van der Waals surface area contributed by atoms with Crippen LogP contribution in [0.25, 0.3) is 22.2 Å². The van der Waals surface area contributed by atoms with Gasteiger partial charge in [-0.3, -0.25) is 15.1 Å². The summed E-state index contributed by atoms with van der Waals surface area (Å²) < 4.78 is 0. The van der Waals surface area contributed by atoms with Crippen molar-refractivity contribution in [2.45, 2.75) is 13.8 Å². The van der Waals surface area contributed by atoms with E-state index in [4.69, 9.17) is 0 Å². The van der Waals surface area contributed by atoms with Crippen molar-refractivity contribution in [2.24, 2.45) is 0 Å². The van der Waals surface area contributed by atoms with Gasteiger partial charge in [-0.2, -0.15) is 5.10 Å². The third-order valence-electron chi connectivity index (χ3n) is 2.89. The Bertz CT molecular complexity index is 670. The zero-order valence-corrected chi connectivity index (χ0v) is 9.73. The molecule has 0 fully saturated rings. The second-order valence-electron chi connectivity index (χ2n) is 4.02. The van der Waals surface area contributed by atoms with E-state index < -0.39 is 0 Å². The molecule has 0 saturated heterocycles.